The highest BCUT2D eigenvalue weighted by Crippen LogP contribution is 2.25. The summed E-state index contributed by atoms with van der Waals surface area (Å²) < 4.78 is 28.6. The predicted molar refractivity (Wildman–Crippen MR) is 79.9 cm³/mol. The van der Waals surface area contributed by atoms with Gasteiger partial charge in [0.15, 0.2) is 9.84 Å². The molecule has 0 aliphatic carbocycles. The van der Waals surface area contributed by atoms with Crippen molar-refractivity contribution in [3.8, 4) is 11.8 Å². The van der Waals surface area contributed by atoms with Crippen LogP contribution in [0.4, 0.5) is 5.69 Å². The maximum Gasteiger partial charge on any atom is 0.239 e. The summed E-state index contributed by atoms with van der Waals surface area (Å²) in [4.78, 5) is 11.8. The van der Waals surface area contributed by atoms with Crippen molar-refractivity contribution >= 4 is 21.4 Å². The van der Waals surface area contributed by atoms with Gasteiger partial charge in [-0.3, -0.25) is 4.79 Å². The van der Waals surface area contributed by atoms with Crippen molar-refractivity contribution in [3.63, 3.8) is 0 Å². The Morgan fingerprint density at radius 1 is 1.43 bits per heavy atom. The number of carbonyl (C=O) groups is 1. The molecule has 21 heavy (non-hydrogen) atoms. The highest BCUT2D eigenvalue weighted by Gasteiger charge is 2.17. The molecule has 0 unspecified atom stereocenters. The van der Waals surface area contributed by atoms with Gasteiger partial charge in [-0.1, -0.05) is 6.07 Å². The molecule has 0 aliphatic heterocycles. The van der Waals surface area contributed by atoms with Crippen LogP contribution in [0, 0.1) is 18.3 Å². The Labute approximate surface area is 124 Å². The van der Waals surface area contributed by atoms with Crippen LogP contribution in [0.5, 0.6) is 5.75 Å². The van der Waals surface area contributed by atoms with Gasteiger partial charge >= 0.3 is 0 Å². The molecule has 0 atom stereocenters. The van der Waals surface area contributed by atoms with Gasteiger partial charge in [0.2, 0.25) is 5.91 Å². The Bertz CT molecular complexity index is 647. The second kappa shape index (κ2) is 7.64. The fraction of sp³-hybridized carbons (Fsp3) is 0.429. The van der Waals surface area contributed by atoms with Crippen molar-refractivity contribution in [2.45, 2.75) is 19.8 Å². The summed E-state index contributed by atoms with van der Waals surface area (Å²) in [6, 6.07) is 7.11. The molecular formula is C14H18N2O4S. The first-order chi connectivity index (χ1) is 9.88. The van der Waals surface area contributed by atoms with E-state index in [1.54, 1.807) is 12.1 Å². The summed E-state index contributed by atoms with van der Waals surface area (Å²) in [5, 5.41) is 10.9. The molecule has 1 amide bonds. The van der Waals surface area contributed by atoms with Gasteiger partial charge in [0.1, 0.15) is 11.5 Å². The van der Waals surface area contributed by atoms with Crippen molar-refractivity contribution in [1.29, 1.82) is 5.26 Å². The quantitative estimate of drug-likeness (QED) is 0.773. The molecule has 114 valence electrons. The number of methoxy groups -OCH3 is 1. The van der Waals surface area contributed by atoms with E-state index in [1.165, 1.54) is 7.11 Å². The van der Waals surface area contributed by atoms with Gasteiger partial charge in [0.05, 0.1) is 24.6 Å². The first-order valence-electron chi connectivity index (χ1n) is 6.40. The zero-order valence-corrected chi connectivity index (χ0v) is 12.9. The first-order valence-corrected chi connectivity index (χ1v) is 8.22. The van der Waals surface area contributed by atoms with E-state index in [9.17, 15) is 13.2 Å². The molecule has 0 bridgehead atoms. The monoisotopic (exact) mass is 310 g/mol. The third-order valence-corrected chi connectivity index (χ3v) is 4.34. The molecule has 0 aromatic heterocycles. The van der Waals surface area contributed by atoms with Crippen LogP contribution in [-0.4, -0.2) is 32.9 Å². The number of benzene rings is 1. The number of unbranched alkanes of at least 4 members (excludes halogenated alkanes) is 1. The van der Waals surface area contributed by atoms with Crippen LogP contribution in [0.25, 0.3) is 0 Å². The van der Waals surface area contributed by atoms with Gasteiger partial charge in [-0.25, -0.2) is 8.42 Å². The standard InChI is InChI=1S/C14H18N2O4S/c1-11-5-6-13(20-2)12(9-11)16-14(17)10-21(18,19)8-4-3-7-15/h5-6,9H,3-4,8,10H2,1-2H3,(H,16,17). The summed E-state index contributed by atoms with van der Waals surface area (Å²) in [5.74, 6) is -0.916. The predicted octanol–water partition coefficient (Wildman–Crippen LogP) is 1.66. The van der Waals surface area contributed by atoms with Crippen LogP contribution in [0.3, 0.4) is 0 Å². The minimum absolute atomic E-state index is 0.159. The number of ether oxygens (including phenoxy) is 1. The van der Waals surface area contributed by atoms with Crippen LogP contribution in [0.1, 0.15) is 18.4 Å². The van der Waals surface area contributed by atoms with Crippen molar-refractivity contribution in [3.05, 3.63) is 23.8 Å². The van der Waals surface area contributed by atoms with E-state index in [1.807, 2.05) is 19.1 Å². The van der Waals surface area contributed by atoms with E-state index in [4.69, 9.17) is 10.00 Å². The summed E-state index contributed by atoms with van der Waals surface area (Å²) in [5.41, 5.74) is 1.36. The Morgan fingerprint density at radius 2 is 2.14 bits per heavy atom. The van der Waals surface area contributed by atoms with Crippen molar-refractivity contribution in [2.24, 2.45) is 0 Å². The average molecular weight is 310 g/mol. The molecule has 0 saturated heterocycles. The molecule has 0 heterocycles. The fourth-order valence-electron chi connectivity index (χ4n) is 1.75. The zero-order valence-electron chi connectivity index (χ0n) is 12.0. The van der Waals surface area contributed by atoms with Crippen LogP contribution in [0.15, 0.2) is 18.2 Å². The lowest BCUT2D eigenvalue weighted by atomic mass is 10.2. The number of nitrogens with one attached hydrogen (secondary N) is 1. The summed E-state index contributed by atoms with van der Waals surface area (Å²) in [6.45, 7) is 1.85. The Kier molecular flexibility index (Phi) is 6.18. The van der Waals surface area contributed by atoms with E-state index < -0.39 is 21.5 Å². The van der Waals surface area contributed by atoms with E-state index in [0.717, 1.165) is 5.56 Å². The van der Waals surface area contributed by atoms with Crippen LogP contribution in [0.2, 0.25) is 0 Å². The molecule has 0 saturated carbocycles. The van der Waals surface area contributed by atoms with Crippen LogP contribution >= 0.6 is 0 Å². The van der Waals surface area contributed by atoms with Gasteiger partial charge in [-0.05, 0) is 31.0 Å². The molecule has 0 aliphatic rings. The van der Waals surface area contributed by atoms with E-state index in [2.05, 4.69) is 5.32 Å². The number of hydrogen-bond donors (Lipinski definition) is 1. The Balaban J connectivity index is 2.70. The number of hydrogen-bond acceptors (Lipinski definition) is 5. The number of nitrogens with zero attached hydrogens (tertiary/aromatic N) is 1. The summed E-state index contributed by atoms with van der Waals surface area (Å²) in [6.07, 6.45) is 0.395. The highest BCUT2D eigenvalue weighted by atomic mass is 32.2. The number of sulfone groups is 1. The molecular weight excluding hydrogens is 292 g/mol. The van der Waals surface area contributed by atoms with Crippen molar-refractivity contribution < 1.29 is 17.9 Å². The summed E-state index contributed by atoms with van der Waals surface area (Å²) >= 11 is 0. The third kappa shape index (κ3) is 5.83. The van der Waals surface area contributed by atoms with Gasteiger partial charge < -0.3 is 10.1 Å². The fourth-order valence-corrected chi connectivity index (χ4v) is 2.95. The van der Waals surface area contributed by atoms with E-state index in [0.29, 0.717) is 11.4 Å². The van der Waals surface area contributed by atoms with Gasteiger partial charge in [0.25, 0.3) is 0 Å². The minimum atomic E-state index is -3.51. The first kappa shape index (κ1) is 17.0. The lowest BCUT2D eigenvalue weighted by molar-refractivity contribution is -0.113. The molecule has 1 aromatic carbocycles. The lowest BCUT2D eigenvalue weighted by Gasteiger charge is -2.11. The number of rotatable bonds is 7. The van der Waals surface area contributed by atoms with Crippen molar-refractivity contribution in [1.82, 2.24) is 0 Å². The molecule has 1 N–H and O–H groups in total. The second-order valence-corrected chi connectivity index (χ2v) is 6.79. The Hall–Kier alpha value is -2.07. The largest absolute Gasteiger partial charge is 0.495 e. The third-order valence-electron chi connectivity index (χ3n) is 2.72. The maximum absolute atomic E-state index is 11.8. The number of anilines is 1. The minimum Gasteiger partial charge on any atom is -0.495 e. The number of nitriles is 1. The SMILES string of the molecule is COc1ccc(C)cc1NC(=O)CS(=O)(=O)CCCC#N. The zero-order chi connectivity index (χ0) is 15.9. The molecule has 1 aromatic rings. The van der Waals surface area contributed by atoms with Crippen LogP contribution < -0.4 is 10.1 Å². The van der Waals surface area contributed by atoms with Gasteiger partial charge in [-0.15, -0.1) is 0 Å². The van der Waals surface area contributed by atoms with Crippen molar-refractivity contribution in [2.75, 3.05) is 23.9 Å². The van der Waals surface area contributed by atoms with E-state index in [-0.39, 0.29) is 18.6 Å². The molecule has 6 nitrogen and oxygen atoms in total. The number of amides is 1. The normalized spacial score (nSPS) is 10.7. The highest BCUT2D eigenvalue weighted by molar-refractivity contribution is 7.92. The second-order valence-electron chi connectivity index (χ2n) is 4.61. The van der Waals surface area contributed by atoms with Crippen LogP contribution in [-0.2, 0) is 14.6 Å². The van der Waals surface area contributed by atoms with Gasteiger partial charge in [0, 0.05) is 6.42 Å². The maximum atomic E-state index is 11.8. The average Bonchev–Trinajstić information content (AvgIpc) is 2.38. The lowest BCUT2D eigenvalue weighted by Crippen LogP contribution is -2.25. The van der Waals surface area contributed by atoms with Gasteiger partial charge in [-0.2, -0.15) is 5.26 Å². The molecule has 7 heteroatoms. The van der Waals surface area contributed by atoms with E-state index >= 15 is 0 Å². The smallest absolute Gasteiger partial charge is 0.239 e. The molecule has 0 spiro atoms. The summed E-state index contributed by atoms with van der Waals surface area (Å²) in [7, 11) is -2.04. The molecule has 0 radical (unpaired) electrons. The number of carbonyl (C=O) groups excluding carboxylic acids is 1. The Morgan fingerprint density at radius 3 is 2.76 bits per heavy atom. The topological polar surface area (TPSA) is 96.3 Å². The number of aryl methyl sites for hydroxylation is 1. The molecule has 0 fully saturated rings. The molecule has 1 rings (SSSR count).